The maximum atomic E-state index is 12.3. The SMILES string of the molecule is CCNC(=NCCCN(C)CC(F)(F)F)NCCc1ncc(CC)s1.I. The van der Waals surface area contributed by atoms with Crippen molar-refractivity contribution >= 4 is 41.3 Å². The Bertz CT molecular complexity index is 522. The summed E-state index contributed by atoms with van der Waals surface area (Å²) in [6.07, 6.45) is 0.162. The Labute approximate surface area is 174 Å². The predicted octanol–water partition coefficient (Wildman–Crippen LogP) is 3.31. The Morgan fingerprint density at radius 1 is 1.31 bits per heavy atom. The second-order valence-electron chi connectivity index (χ2n) is 5.72. The Hall–Kier alpha value is -0.620. The van der Waals surface area contributed by atoms with Gasteiger partial charge in [-0.25, -0.2) is 4.98 Å². The molecular formula is C16H29F3IN5S. The first-order chi connectivity index (χ1) is 11.8. The quantitative estimate of drug-likeness (QED) is 0.221. The van der Waals surface area contributed by atoms with E-state index in [0.717, 1.165) is 30.9 Å². The van der Waals surface area contributed by atoms with Gasteiger partial charge in [0.1, 0.15) is 0 Å². The number of hydrogen-bond donors (Lipinski definition) is 2. The van der Waals surface area contributed by atoms with Crippen LogP contribution >= 0.6 is 35.3 Å². The Kier molecular flexibility index (Phi) is 13.2. The van der Waals surface area contributed by atoms with Gasteiger partial charge in [0.25, 0.3) is 0 Å². The first-order valence-corrected chi connectivity index (χ1v) is 9.36. The van der Waals surface area contributed by atoms with Gasteiger partial charge in [0.15, 0.2) is 5.96 Å². The van der Waals surface area contributed by atoms with Gasteiger partial charge in [0.2, 0.25) is 0 Å². The average molecular weight is 507 g/mol. The van der Waals surface area contributed by atoms with Crippen LogP contribution in [0.2, 0.25) is 0 Å². The first-order valence-electron chi connectivity index (χ1n) is 8.55. The zero-order valence-electron chi connectivity index (χ0n) is 15.5. The van der Waals surface area contributed by atoms with Crippen molar-refractivity contribution in [3.8, 4) is 0 Å². The lowest BCUT2D eigenvalue weighted by Crippen LogP contribution is -2.38. The molecule has 0 fully saturated rings. The number of nitrogens with zero attached hydrogens (tertiary/aromatic N) is 3. The van der Waals surface area contributed by atoms with Gasteiger partial charge >= 0.3 is 6.18 Å². The zero-order chi connectivity index (χ0) is 18.7. The highest BCUT2D eigenvalue weighted by atomic mass is 127. The van der Waals surface area contributed by atoms with Crippen LogP contribution in [0, 0.1) is 0 Å². The van der Waals surface area contributed by atoms with E-state index < -0.39 is 12.7 Å². The van der Waals surface area contributed by atoms with Gasteiger partial charge in [-0.1, -0.05) is 6.92 Å². The van der Waals surface area contributed by atoms with Gasteiger partial charge in [0.05, 0.1) is 11.6 Å². The number of thiazole rings is 1. The molecule has 2 N–H and O–H groups in total. The number of halogens is 4. The number of guanidine groups is 1. The van der Waals surface area contributed by atoms with Crippen LogP contribution in [0.5, 0.6) is 0 Å². The van der Waals surface area contributed by atoms with Crippen molar-refractivity contribution in [3.63, 3.8) is 0 Å². The summed E-state index contributed by atoms with van der Waals surface area (Å²) < 4.78 is 36.8. The molecule has 152 valence electrons. The van der Waals surface area contributed by atoms with Crippen LogP contribution in [0.15, 0.2) is 11.2 Å². The number of alkyl halides is 3. The summed E-state index contributed by atoms with van der Waals surface area (Å²) in [5.74, 6) is 0.688. The third-order valence-corrected chi connectivity index (χ3v) is 4.54. The lowest BCUT2D eigenvalue weighted by atomic mass is 10.4. The molecule has 1 aromatic heterocycles. The molecule has 0 saturated carbocycles. The molecule has 0 radical (unpaired) electrons. The van der Waals surface area contributed by atoms with Gasteiger partial charge in [0, 0.05) is 37.1 Å². The van der Waals surface area contributed by atoms with Gasteiger partial charge in [-0.15, -0.1) is 35.3 Å². The van der Waals surface area contributed by atoms with Gasteiger partial charge in [-0.3, -0.25) is 9.89 Å². The monoisotopic (exact) mass is 507 g/mol. The normalized spacial score (nSPS) is 12.2. The van der Waals surface area contributed by atoms with Crippen LogP contribution in [-0.4, -0.2) is 61.8 Å². The van der Waals surface area contributed by atoms with Gasteiger partial charge in [-0.05, 0) is 33.4 Å². The minimum Gasteiger partial charge on any atom is -0.357 e. The fraction of sp³-hybridized carbons (Fsp3) is 0.750. The maximum absolute atomic E-state index is 12.3. The molecule has 26 heavy (non-hydrogen) atoms. The third-order valence-electron chi connectivity index (χ3n) is 3.34. The van der Waals surface area contributed by atoms with E-state index in [-0.39, 0.29) is 24.0 Å². The largest absolute Gasteiger partial charge is 0.401 e. The van der Waals surface area contributed by atoms with Crippen molar-refractivity contribution in [2.75, 3.05) is 39.8 Å². The van der Waals surface area contributed by atoms with Crippen molar-refractivity contribution in [1.82, 2.24) is 20.5 Å². The predicted molar refractivity (Wildman–Crippen MR) is 113 cm³/mol. The van der Waals surface area contributed by atoms with E-state index in [9.17, 15) is 13.2 Å². The summed E-state index contributed by atoms with van der Waals surface area (Å²) in [5, 5.41) is 7.47. The van der Waals surface area contributed by atoms with E-state index in [4.69, 9.17) is 0 Å². The standard InChI is InChI=1S/C16H28F3N5S.HI/c1-4-13-11-23-14(25-13)7-9-22-15(20-5-2)21-8-6-10-24(3)12-16(17,18)19;/h11H,4-10,12H2,1-3H3,(H2,20,21,22);1H. The fourth-order valence-corrected chi connectivity index (χ4v) is 3.04. The summed E-state index contributed by atoms with van der Waals surface area (Å²) in [6.45, 7) is 5.49. The minimum absolute atomic E-state index is 0. The molecule has 0 atom stereocenters. The molecule has 0 aliphatic carbocycles. The Balaban J connectivity index is 0.00000625. The van der Waals surface area contributed by atoms with Gasteiger partial charge < -0.3 is 10.6 Å². The number of aromatic nitrogens is 1. The summed E-state index contributed by atoms with van der Waals surface area (Å²) in [4.78, 5) is 11.3. The van der Waals surface area contributed by atoms with Crippen molar-refractivity contribution in [2.45, 2.75) is 39.3 Å². The van der Waals surface area contributed by atoms with Crippen molar-refractivity contribution < 1.29 is 13.2 Å². The molecule has 1 aromatic rings. The van der Waals surface area contributed by atoms with Crippen LogP contribution in [0.4, 0.5) is 13.2 Å². The number of nitrogens with one attached hydrogen (secondary N) is 2. The topological polar surface area (TPSA) is 52.6 Å². The lowest BCUT2D eigenvalue weighted by molar-refractivity contribution is -0.143. The molecule has 0 unspecified atom stereocenters. The van der Waals surface area contributed by atoms with E-state index in [1.54, 1.807) is 11.3 Å². The van der Waals surface area contributed by atoms with Crippen molar-refractivity contribution in [3.05, 3.63) is 16.1 Å². The summed E-state index contributed by atoms with van der Waals surface area (Å²) in [5.41, 5.74) is 0. The molecule has 1 heterocycles. The lowest BCUT2D eigenvalue weighted by Gasteiger charge is -2.18. The molecule has 0 bridgehead atoms. The zero-order valence-corrected chi connectivity index (χ0v) is 18.7. The Morgan fingerprint density at radius 3 is 2.62 bits per heavy atom. The van der Waals surface area contributed by atoms with E-state index in [0.29, 0.717) is 25.5 Å². The molecule has 0 aliphatic heterocycles. The number of aryl methyl sites for hydroxylation is 1. The molecule has 0 aliphatic rings. The second-order valence-corrected chi connectivity index (χ2v) is 6.92. The number of rotatable bonds is 10. The Morgan fingerprint density at radius 2 is 2.04 bits per heavy atom. The van der Waals surface area contributed by atoms with Crippen LogP contribution in [0.3, 0.4) is 0 Å². The van der Waals surface area contributed by atoms with Crippen LogP contribution in [-0.2, 0) is 12.8 Å². The molecule has 10 heteroatoms. The third kappa shape index (κ3) is 11.9. The summed E-state index contributed by atoms with van der Waals surface area (Å²) >= 11 is 1.72. The minimum atomic E-state index is -4.15. The van der Waals surface area contributed by atoms with E-state index in [1.165, 1.54) is 16.8 Å². The summed E-state index contributed by atoms with van der Waals surface area (Å²) in [6, 6.07) is 0. The van der Waals surface area contributed by atoms with Crippen molar-refractivity contribution in [2.24, 2.45) is 4.99 Å². The molecule has 0 amide bonds. The highest BCUT2D eigenvalue weighted by Crippen LogP contribution is 2.15. The molecular weight excluding hydrogens is 478 g/mol. The van der Waals surface area contributed by atoms with Crippen molar-refractivity contribution in [1.29, 1.82) is 0 Å². The molecule has 0 saturated heterocycles. The highest BCUT2D eigenvalue weighted by molar-refractivity contribution is 14.0. The maximum Gasteiger partial charge on any atom is 0.401 e. The first kappa shape index (κ1) is 25.4. The number of hydrogen-bond acceptors (Lipinski definition) is 4. The van der Waals surface area contributed by atoms with Gasteiger partial charge in [-0.2, -0.15) is 13.2 Å². The second kappa shape index (κ2) is 13.5. The molecule has 1 rings (SSSR count). The van der Waals surface area contributed by atoms with E-state index >= 15 is 0 Å². The molecule has 5 nitrogen and oxygen atoms in total. The van der Waals surface area contributed by atoms with Crippen LogP contribution in [0.1, 0.15) is 30.2 Å². The number of aliphatic imine (C=N–C) groups is 1. The fourth-order valence-electron chi connectivity index (χ4n) is 2.17. The van der Waals surface area contributed by atoms with E-state index in [2.05, 4.69) is 27.5 Å². The molecule has 0 aromatic carbocycles. The average Bonchev–Trinajstić information content (AvgIpc) is 2.97. The smallest absolute Gasteiger partial charge is 0.357 e. The summed E-state index contributed by atoms with van der Waals surface area (Å²) in [7, 11) is 1.47. The highest BCUT2D eigenvalue weighted by Gasteiger charge is 2.28. The molecule has 0 spiro atoms. The van der Waals surface area contributed by atoms with Crippen LogP contribution < -0.4 is 10.6 Å². The van der Waals surface area contributed by atoms with E-state index in [1.807, 2.05) is 13.1 Å². The van der Waals surface area contributed by atoms with Crippen LogP contribution in [0.25, 0.3) is 0 Å².